The predicted molar refractivity (Wildman–Crippen MR) is 160 cm³/mol. The monoisotopic (exact) mass is 549 g/mol. The van der Waals surface area contributed by atoms with Gasteiger partial charge in [0.05, 0.1) is 11.3 Å². The Kier molecular flexibility index (Phi) is 8.75. The summed E-state index contributed by atoms with van der Waals surface area (Å²) >= 11 is 0. The first kappa shape index (κ1) is 28.1. The summed E-state index contributed by atoms with van der Waals surface area (Å²) in [5.41, 5.74) is 10.3. The van der Waals surface area contributed by atoms with E-state index in [2.05, 4.69) is 12.2 Å². The molecule has 1 saturated carbocycles. The highest BCUT2D eigenvalue weighted by molar-refractivity contribution is 6.11. The predicted octanol–water partition coefficient (Wildman–Crippen LogP) is 5.53. The lowest BCUT2D eigenvalue weighted by Crippen LogP contribution is -2.32. The van der Waals surface area contributed by atoms with E-state index in [1.165, 1.54) is 16.7 Å². The van der Waals surface area contributed by atoms with E-state index in [-0.39, 0.29) is 34.8 Å². The number of hydrogen-bond acceptors (Lipinski definition) is 6. The van der Waals surface area contributed by atoms with Gasteiger partial charge < -0.3 is 10.5 Å². The molecule has 1 aliphatic carbocycles. The molecule has 1 fully saturated rings. The Morgan fingerprint density at radius 3 is 2.22 bits per heavy atom. The zero-order valence-electron chi connectivity index (χ0n) is 23.2. The third kappa shape index (κ3) is 6.47. The van der Waals surface area contributed by atoms with Gasteiger partial charge in [-0.15, -0.1) is 0 Å². The van der Waals surface area contributed by atoms with Gasteiger partial charge in [-0.1, -0.05) is 73.7 Å². The molecule has 0 bridgehead atoms. The van der Waals surface area contributed by atoms with Crippen LogP contribution < -0.4 is 16.6 Å². The quantitative estimate of drug-likeness (QED) is 0.199. The molecule has 3 aromatic carbocycles. The summed E-state index contributed by atoms with van der Waals surface area (Å²) in [4.78, 5) is 39.1. The standard InChI is InChI=1S/C34H35N3O4/c1-2-23-12-16-26(17-13-23)32(39)29-20-21-30(38)37(33(29)35)27-18-14-24(15-19-27)22-36-31(25-8-4-3-5-9-25)34(40)41-28-10-6-7-11-28/h3-5,8-9,12-21,28,31,36H,2,6-7,10-11,22,35H2,1H3/t31-/m0/s1. The summed E-state index contributed by atoms with van der Waals surface area (Å²) in [6, 6.07) is 26.5. The Labute approximate surface area is 240 Å². The number of ketones is 1. The van der Waals surface area contributed by atoms with Crippen molar-refractivity contribution in [3.8, 4) is 5.69 Å². The molecule has 0 radical (unpaired) electrons. The van der Waals surface area contributed by atoms with Crippen LogP contribution in [0.1, 0.15) is 71.3 Å². The highest BCUT2D eigenvalue weighted by Crippen LogP contribution is 2.25. The number of esters is 1. The van der Waals surface area contributed by atoms with Gasteiger partial charge in [-0.3, -0.25) is 19.5 Å². The van der Waals surface area contributed by atoms with Crippen LogP contribution in [0.4, 0.5) is 5.82 Å². The van der Waals surface area contributed by atoms with E-state index >= 15 is 0 Å². The normalized spacial score (nSPS) is 14.1. The Balaban J connectivity index is 1.33. The second kappa shape index (κ2) is 12.8. The summed E-state index contributed by atoms with van der Waals surface area (Å²) in [7, 11) is 0. The highest BCUT2D eigenvalue weighted by atomic mass is 16.5. The molecule has 7 nitrogen and oxygen atoms in total. The lowest BCUT2D eigenvalue weighted by atomic mass is 10.0. The molecule has 1 aliphatic rings. The Hall–Kier alpha value is -4.49. The van der Waals surface area contributed by atoms with E-state index in [9.17, 15) is 14.4 Å². The smallest absolute Gasteiger partial charge is 0.328 e. The van der Waals surface area contributed by atoms with Crippen LogP contribution in [-0.2, 0) is 22.5 Å². The SMILES string of the molecule is CCc1ccc(C(=O)c2ccc(=O)n(-c3ccc(CN[C@H](C(=O)OC4CCCC4)c4ccccc4)cc3)c2N)cc1. The lowest BCUT2D eigenvalue weighted by molar-refractivity contribution is -0.151. The van der Waals surface area contributed by atoms with Gasteiger partial charge in [0.2, 0.25) is 0 Å². The number of rotatable bonds is 10. The van der Waals surface area contributed by atoms with Crippen LogP contribution in [0, 0.1) is 0 Å². The Bertz CT molecular complexity index is 1550. The maximum atomic E-state index is 13.2. The van der Waals surface area contributed by atoms with Crippen molar-refractivity contribution in [3.05, 3.63) is 129 Å². The molecule has 210 valence electrons. The number of ether oxygens (including phenoxy) is 1. The van der Waals surface area contributed by atoms with Gasteiger partial charge in [0.1, 0.15) is 18.0 Å². The second-order valence-corrected chi connectivity index (χ2v) is 10.4. The van der Waals surface area contributed by atoms with Crippen LogP contribution in [0.25, 0.3) is 5.69 Å². The molecule has 4 aromatic rings. The summed E-state index contributed by atoms with van der Waals surface area (Å²) in [6.45, 7) is 2.47. The molecule has 1 aromatic heterocycles. The minimum Gasteiger partial charge on any atom is -0.461 e. The highest BCUT2D eigenvalue weighted by Gasteiger charge is 2.26. The number of carbonyl (C=O) groups excluding carboxylic acids is 2. The van der Waals surface area contributed by atoms with Crippen LogP contribution in [0.3, 0.4) is 0 Å². The van der Waals surface area contributed by atoms with Crippen molar-refractivity contribution in [2.24, 2.45) is 0 Å². The molecule has 5 rings (SSSR count). The minimum absolute atomic E-state index is 0.0167. The number of aromatic nitrogens is 1. The average molecular weight is 550 g/mol. The van der Waals surface area contributed by atoms with Crippen LogP contribution in [0.15, 0.2) is 95.8 Å². The fraction of sp³-hybridized carbons (Fsp3) is 0.265. The largest absolute Gasteiger partial charge is 0.461 e. The van der Waals surface area contributed by atoms with Crippen molar-refractivity contribution in [1.29, 1.82) is 0 Å². The summed E-state index contributed by atoms with van der Waals surface area (Å²) in [5, 5.41) is 3.35. The molecule has 41 heavy (non-hydrogen) atoms. The summed E-state index contributed by atoms with van der Waals surface area (Å²) in [6.07, 6.45) is 4.86. The number of aryl methyl sites for hydroxylation is 1. The first-order chi connectivity index (χ1) is 19.9. The first-order valence-corrected chi connectivity index (χ1v) is 14.2. The van der Waals surface area contributed by atoms with Crippen molar-refractivity contribution in [3.63, 3.8) is 0 Å². The molecular weight excluding hydrogens is 514 g/mol. The number of benzene rings is 3. The van der Waals surface area contributed by atoms with Crippen molar-refractivity contribution in [2.45, 2.75) is 57.7 Å². The van der Waals surface area contributed by atoms with Crippen molar-refractivity contribution < 1.29 is 14.3 Å². The van der Waals surface area contributed by atoms with E-state index in [1.54, 1.807) is 24.3 Å². The van der Waals surface area contributed by atoms with Gasteiger partial charge >= 0.3 is 5.97 Å². The first-order valence-electron chi connectivity index (χ1n) is 14.2. The van der Waals surface area contributed by atoms with Crippen molar-refractivity contribution in [1.82, 2.24) is 9.88 Å². The molecule has 1 heterocycles. The molecule has 3 N–H and O–H groups in total. The van der Waals surface area contributed by atoms with Crippen LogP contribution in [0.5, 0.6) is 0 Å². The fourth-order valence-electron chi connectivity index (χ4n) is 5.26. The number of nitrogens with two attached hydrogens (primary N) is 1. The molecule has 0 aliphatic heterocycles. The molecule has 1 atom stereocenters. The molecular formula is C34H35N3O4. The average Bonchev–Trinajstić information content (AvgIpc) is 3.51. The topological polar surface area (TPSA) is 103 Å². The van der Waals surface area contributed by atoms with E-state index in [4.69, 9.17) is 10.5 Å². The number of nitrogens with zero attached hydrogens (tertiary/aromatic N) is 1. The van der Waals surface area contributed by atoms with Gasteiger partial charge in [-0.2, -0.15) is 0 Å². The van der Waals surface area contributed by atoms with E-state index in [1.807, 2.05) is 54.6 Å². The fourth-order valence-corrected chi connectivity index (χ4v) is 5.26. The number of nitrogens with one attached hydrogen (secondary N) is 1. The van der Waals surface area contributed by atoms with Gasteiger partial charge in [0.15, 0.2) is 5.78 Å². The number of anilines is 1. The number of hydrogen-bond donors (Lipinski definition) is 2. The third-order valence-corrected chi connectivity index (χ3v) is 7.66. The zero-order valence-corrected chi connectivity index (χ0v) is 23.2. The zero-order chi connectivity index (χ0) is 28.8. The number of carbonyl (C=O) groups is 2. The van der Waals surface area contributed by atoms with Crippen LogP contribution in [-0.4, -0.2) is 22.4 Å². The number of pyridine rings is 1. The second-order valence-electron chi connectivity index (χ2n) is 10.4. The summed E-state index contributed by atoms with van der Waals surface area (Å²) in [5.74, 6) is -0.423. The molecule has 0 spiro atoms. The van der Waals surface area contributed by atoms with Gasteiger partial charge in [-0.05, 0) is 67.0 Å². The molecule has 0 unspecified atom stereocenters. The van der Waals surface area contributed by atoms with Crippen LogP contribution >= 0.6 is 0 Å². The van der Waals surface area contributed by atoms with Crippen molar-refractivity contribution >= 4 is 17.6 Å². The van der Waals surface area contributed by atoms with E-state index in [0.717, 1.165) is 48.8 Å². The van der Waals surface area contributed by atoms with Gasteiger partial charge in [0.25, 0.3) is 5.56 Å². The Morgan fingerprint density at radius 1 is 0.902 bits per heavy atom. The lowest BCUT2D eigenvalue weighted by Gasteiger charge is -2.21. The van der Waals surface area contributed by atoms with Crippen LogP contribution in [0.2, 0.25) is 0 Å². The van der Waals surface area contributed by atoms with Gasteiger partial charge in [-0.25, -0.2) is 4.79 Å². The molecule has 0 amide bonds. The Morgan fingerprint density at radius 2 is 1.56 bits per heavy atom. The minimum atomic E-state index is -0.594. The van der Waals surface area contributed by atoms with Gasteiger partial charge in [0, 0.05) is 18.2 Å². The molecule has 0 saturated heterocycles. The summed E-state index contributed by atoms with van der Waals surface area (Å²) < 4.78 is 7.16. The van der Waals surface area contributed by atoms with Crippen molar-refractivity contribution in [2.75, 3.05) is 5.73 Å². The molecule has 7 heteroatoms. The van der Waals surface area contributed by atoms with E-state index in [0.29, 0.717) is 17.8 Å². The number of nitrogen functional groups attached to an aromatic ring is 1. The maximum Gasteiger partial charge on any atom is 0.328 e. The van der Waals surface area contributed by atoms with E-state index < -0.39 is 6.04 Å². The maximum absolute atomic E-state index is 13.2. The third-order valence-electron chi connectivity index (χ3n) is 7.66.